The van der Waals surface area contributed by atoms with Gasteiger partial charge in [0.15, 0.2) is 5.11 Å². The number of furan rings is 1. The Morgan fingerprint density at radius 1 is 1.03 bits per heavy atom. The highest BCUT2D eigenvalue weighted by molar-refractivity contribution is 7.80. The van der Waals surface area contributed by atoms with E-state index in [9.17, 15) is 0 Å². The molecule has 1 fully saturated rings. The number of nitrogens with one attached hydrogen (secondary N) is 2. The lowest BCUT2D eigenvalue weighted by molar-refractivity contribution is 0.516. The average molecular weight is 462 g/mol. The van der Waals surface area contributed by atoms with Crippen molar-refractivity contribution < 1.29 is 4.42 Å². The van der Waals surface area contributed by atoms with Crippen molar-refractivity contribution >= 4 is 52.3 Å². The largest absolute Gasteiger partial charge is 0.459 e. The maximum atomic E-state index is 6.19. The minimum Gasteiger partial charge on any atom is -0.459 e. The van der Waals surface area contributed by atoms with Crippen molar-refractivity contribution in [3.8, 4) is 11.3 Å². The highest BCUT2D eigenvalue weighted by atomic mass is 35.5. The molecule has 6 nitrogen and oxygen atoms in total. The Labute approximate surface area is 190 Å². The highest BCUT2D eigenvalue weighted by Crippen LogP contribution is 2.24. The number of rotatable bonds is 5. The van der Waals surface area contributed by atoms with Crippen LogP contribution in [0.25, 0.3) is 11.3 Å². The predicted octanol–water partition coefficient (Wildman–Crippen LogP) is 5.52. The Morgan fingerprint density at radius 3 is 2.57 bits per heavy atom. The smallest absolute Gasteiger partial charge is 0.232 e. The van der Waals surface area contributed by atoms with Crippen LogP contribution in [0.3, 0.4) is 0 Å². The van der Waals surface area contributed by atoms with Gasteiger partial charge in [0.1, 0.15) is 22.5 Å². The number of piperidine rings is 1. The van der Waals surface area contributed by atoms with Crippen molar-refractivity contribution in [2.45, 2.75) is 25.8 Å². The Hall–Kier alpha value is -2.35. The zero-order valence-electron chi connectivity index (χ0n) is 16.2. The van der Waals surface area contributed by atoms with E-state index in [1.807, 2.05) is 36.4 Å². The van der Waals surface area contributed by atoms with Gasteiger partial charge in [-0.25, -0.2) is 4.98 Å². The average Bonchev–Trinajstić information content (AvgIpc) is 3.22. The summed E-state index contributed by atoms with van der Waals surface area (Å²) < 4.78 is 5.88. The minimum absolute atomic E-state index is 0.377. The fourth-order valence-corrected chi connectivity index (χ4v) is 3.77. The molecule has 2 aromatic heterocycles. The van der Waals surface area contributed by atoms with E-state index in [1.165, 1.54) is 6.42 Å². The third kappa shape index (κ3) is 5.41. The number of thiocarbonyl (C=S) groups is 1. The first kappa shape index (κ1) is 20.9. The maximum absolute atomic E-state index is 6.19. The molecule has 9 heteroatoms. The molecule has 0 radical (unpaired) electrons. The molecule has 1 aliphatic rings. The van der Waals surface area contributed by atoms with E-state index in [2.05, 4.69) is 25.5 Å². The predicted molar refractivity (Wildman–Crippen MR) is 125 cm³/mol. The van der Waals surface area contributed by atoms with Crippen molar-refractivity contribution in [3.05, 3.63) is 58.4 Å². The maximum Gasteiger partial charge on any atom is 0.232 e. The summed E-state index contributed by atoms with van der Waals surface area (Å²) in [4.78, 5) is 11.0. The highest BCUT2D eigenvalue weighted by Gasteiger charge is 2.15. The van der Waals surface area contributed by atoms with Gasteiger partial charge in [0.2, 0.25) is 5.95 Å². The van der Waals surface area contributed by atoms with Crippen LogP contribution >= 0.6 is 35.4 Å². The molecule has 1 aromatic carbocycles. The molecular weight excluding hydrogens is 441 g/mol. The second-order valence-corrected chi connectivity index (χ2v) is 8.23. The zero-order valence-corrected chi connectivity index (χ0v) is 18.5. The number of halogens is 2. The van der Waals surface area contributed by atoms with E-state index in [4.69, 9.17) is 39.8 Å². The van der Waals surface area contributed by atoms with Crippen LogP contribution in [0.1, 0.15) is 25.0 Å². The monoisotopic (exact) mass is 461 g/mol. The van der Waals surface area contributed by atoms with Crippen LogP contribution in [-0.2, 0) is 6.54 Å². The summed E-state index contributed by atoms with van der Waals surface area (Å²) in [6, 6.07) is 13.1. The molecule has 0 unspecified atom stereocenters. The molecule has 2 N–H and O–H groups in total. The standard InChI is InChI=1S/C21H21Cl2N5OS/c22-15-6-4-14(5-7-15)17-9-8-16(29-17)13-24-21(30)27-20-25-18(23)12-19(26-20)28-10-2-1-3-11-28/h4-9,12H,1-3,10-11,13H2,(H2,24,25,26,27,30). The minimum atomic E-state index is 0.377. The van der Waals surface area contributed by atoms with Crippen molar-refractivity contribution in [1.29, 1.82) is 0 Å². The van der Waals surface area contributed by atoms with Gasteiger partial charge < -0.3 is 20.0 Å². The van der Waals surface area contributed by atoms with Gasteiger partial charge in [0.25, 0.3) is 0 Å². The molecule has 1 saturated heterocycles. The van der Waals surface area contributed by atoms with E-state index in [0.717, 1.165) is 48.8 Å². The van der Waals surface area contributed by atoms with E-state index in [-0.39, 0.29) is 0 Å². The van der Waals surface area contributed by atoms with Crippen LogP contribution in [0.2, 0.25) is 10.2 Å². The molecule has 0 aliphatic carbocycles. The summed E-state index contributed by atoms with van der Waals surface area (Å²) in [5, 5.41) is 7.59. The molecule has 1 aliphatic heterocycles. The van der Waals surface area contributed by atoms with Crippen molar-refractivity contribution in [1.82, 2.24) is 15.3 Å². The Bertz CT molecular complexity index is 1020. The van der Waals surface area contributed by atoms with Crippen LogP contribution in [0.5, 0.6) is 0 Å². The molecule has 0 amide bonds. The van der Waals surface area contributed by atoms with Gasteiger partial charge in [-0.05, 0) is 67.9 Å². The summed E-state index contributed by atoms with van der Waals surface area (Å²) >= 11 is 17.5. The molecule has 3 aromatic rings. The normalized spacial score (nSPS) is 13.9. The van der Waals surface area contributed by atoms with Crippen LogP contribution < -0.4 is 15.5 Å². The van der Waals surface area contributed by atoms with Crippen molar-refractivity contribution in [2.24, 2.45) is 0 Å². The number of nitrogens with zero attached hydrogens (tertiary/aromatic N) is 3. The third-order valence-corrected chi connectivity index (χ3v) is 5.49. The van der Waals surface area contributed by atoms with Gasteiger partial charge in [0, 0.05) is 29.7 Å². The van der Waals surface area contributed by atoms with Gasteiger partial charge in [0.05, 0.1) is 6.54 Å². The first-order valence-corrected chi connectivity index (χ1v) is 10.9. The van der Waals surface area contributed by atoms with E-state index < -0.39 is 0 Å². The molecule has 0 saturated carbocycles. The van der Waals surface area contributed by atoms with Crippen molar-refractivity contribution in [2.75, 3.05) is 23.3 Å². The molecule has 0 bridgehead atoms. The Morgan fingerprint density at radius 2 is 1.80 bits per heavy atom. The number of benzene rings is 1. The first-order chi connectivity index (χ1) is 14.6. The second kappa shape index (κ2) is 9.64. The number of hydrogen-bond acceptors (Lipinski definition) is 5. The molecule has 4 rings (SSSR count). The molecule has 3 heterocycles. The van der Waals surface area contributed by atoms with Crippen LogP contribution in [0.4, 0.5) is 11.8 Å². The van der Waals surface area contributed by atoms with E-state index in [1.54, 1.807) is 6.07 Å². The zero-order chi connectivity index (χ0) is 20.9. The summed E-state index contributed by atoms with van der Waals surface area (Å²) in [7, 11) is 0. The number of hydrogen-bond donors (Lipinski definition) is 2. The summed E-state index contributed by atoms with van der Waals surface area (Å²) in [5.74, 6) is 2.72. The van der Waals surface area contributed by atoms with E-state index in [0.29, 0.717) is 27.8 Å². The SMILES string of the molecule is S=C(NCc1ccc(-c2ccc(Cl)cc2)o1)Nc1nc(Cl)cc(N2CCCCC2)n1. The van der Waals surface area contributed by atoms with Gasteiger partial charge in [-0.2, -0.15) is 4.98 Å². The van der Waals surface area contributed by atoms with Crippen LogP contribution in [0.15, 0.2) is 46.9 Å². The molecule has 156 valence electrons. The lowest BCUT2D eigenvalue weighted by Gasteiger charge is -2.27. The van der Waals surface area contributed by atoms with Crippen LogP contribution in [0, 0.1) is 0 Å². The van der Waals surface area contributed by atoms with Gasteiger partial charge in [-0.1, -0.05) is 23.2 Å². The molecule has 30 heavy (non-hydrogen) atoms. The van der Waals surface area contributed by atoms with Gasteiger partial charge in [-0.3, -0.25) is 0 Å². The lowest BCUT2D eigenvalue weighted by Crippen LogP contribution is -2.31. The second-order valence-electron chi connectivity index (χ2n) is 7.00. The topological polar surface area (TPSA) is 66.2 Å². The van der Waals surface area contributed by atoms with Crippen molar-refractivity contribution in [3.63, 3.8) is 0 Å². The summed E-state index contributed by atoms with van der Waals surface area (Å²) in [6.45, 7) is 2.38. The molecule has 0 atom stereocenters. The molecular formula is C21H21Cl2N5OS. The fourth-order valence-electron chi connectivity index (χ4n) is 3.30. The van der Waals surface area contributed by atoms with Gasteiger partial charge in [-0.15, -0.1) is 0 Å². The molecule has 0 spiro atoms. The summed E-state index contributed by atoms with van der Waals surface area (Å²) in [6.07, 6.45) is 3.57. The van der Waals surface area contributed by atoms with Crippen LogP contribution in [-0.4, -0.2) is 28.2 Å². The third-order valence-electron chi connectivity index (χ3n) is 4.80. The number of aromatic nitrogens is 2. The number of anilines is 2. The Balaban J connectivity index is 1.35. The lowest BCUT2D eigenvalue weighted by atomic mass is 10.1. The first-order valence-electron chi connectivity index (χ1n) is 9.76. The quantitative estimate of drug-likeness (QED) is 0.382. The van der Waals surface area contributed by atoms with Gasteiger partial charge >= 0.3 is 0 Å². The fraction of sp³-hybridized carbons (Fsp3) is 0.286. The Kier molecular flexibility index (Phi) is 6.72. The summed E-state index contributed by atoms with van der Waals surface area (Å²) in [5.41, 5.74) is 0.962. The van der Waals surface area contributed by atoms with E-state index >= 15 is 0 Å².